The maximum atomic E-state index is 11.5. The van der Waals surface area contributed by atoms with Gasteiger partial charge in [0.1, 0.15) is 0 Å². The Balaban J connectivity index is 2.54. The number of carbonyl (C=O) groups excluding carboxylic acids is 1. The molecule has 0 heterocycles. The number of nitrogens with zero attached hydrogens (tertiary/aromatic N) is 1. The fourth-order valence-corrected chi connectivity index (χ4v) is 1.50. The van der Waals surface area contributed by atoms with E-state index in [2.05, 4.69) is 21.2 Å². The number of likely N-dealkylation sites (N-methyl/N-ethyl adjacent to an activating group) is 2. The monoisotopic (exact) mass is 270 g/mol. The molecule has 1 amide bonds. The van der Waals surface area contributed by atoms with Crippen LogP contribution in [0.3, 0.4) is 0 Å². The van der Waals surface area contributed by atoms with E-state index in [-0.39, 0.29) is 5.91 Å². The number of benzene rings is 1. The lowest BCUT2D eigenvalue weighted by molar-refractivity contribution is -0.129. The lowest BCUT2D eigenvalue weighted by Gasteiger charge is -2.16. The van der Waals surface area contributed by atoms with E-state index < -0.39 is 0 Å². The van der Waals surface area contributed by atoms with Crippen LogP contribution in [0.1, 0.15) is 5.56 Å². The van der Waals surface area contributed by atoms with Crippen LogP contribution in [0.4, 0.5) is 0 Å². The molecule has 0 unspecified atom stereocenters. The molecule has 15 heavy (non-hydrogen) atoms. The number of rotatable bonds is 4. The maximum absolute atomic E-state index is 11.5. The molecule has 0 spiro atoms. The minimum atomic E-state index is 0.0976. The van der Waals surface area contributed by atoms with E-state index in [0.717, 1.165) is 10.0 Å². The number of nitrogens with one attached hydrogen (secondary N) is 1. The normalized spacial score (nSPS) is 10.1. The Hall–Kier alpha value is -0.870. The van der Waals surface area contributed by atoms with Crippen LogP contribution in [0, 0.1) is 0 Å². The molecule has 0 saturated heterocycles. The first-order valence-corrected chi connectivity index (χ1v) is 5.56. The van der Waals surface area contributed by atoms with Crippen molar-refractivity contribution in [2.24, 2.45) is 0 Å². The van der Waals surface area contributed by atoms with Gasteiger partial charge < -0.3 is 10.2 Å². The second-order valence-electron chi connectivity index (χ2n) is 3.41. The predicted molar refractivity (Wildman–Crippen MR) is 64.5 cm³/mol. The molecular weight excluding hydrogens is 256 g/mol. The highest BCUT2D eigenvalue weighted by Crippen LogP contribution is 2.11. The Morgan fingerprint density at radius 3 is 2.53 bits per heavy atom. The fraction of sp³-hybridized carbons (Fsp3) is 0.364. The summed E-state index contributed by atoms with van der Waals surface area (Å²) in [7, 11) is 3.58. The van der Waals surface area contributed by atoms with Gasteiger partial charge in [-0.1, -0.05) is 28.1 Å². The molecule has 0 fully saturated rings. The van der Waals surface area contributed by atoms with E-state index in [1.165, 1.54) is 0 Å². The van der Waals surface area contributed by atoms with Gasteiger partial charge in [-0.05, 0) is 24.7 Å². The zero-order valence-corrected chi connectivity index (χ0v) is 10.5. The van der Waals surface area contributed by atoms with Crippen LogP contribution >= 0.6 is 15.9 Å². The van der Waals surface area contributed by atoms with Crippen molar-refractivity contribution in [1.82, 2.24) is 10.2 Å². The molecule has 1 aromatic carbocycles. The average molecular weight is 271 g/mol. The summed E-state index contributed by atoms with van der Waals surface area (Å²) in [6, 6.07) is 7.97. The summed E-state index contributed by atoms with van der Waals surface area (Å²) >= 11 is 3.37. The van der Waals surface area contributed by atoms with Gasteiger partial charge in [-0.2, -0.15) is 0 Å². The van der Waals surface area contributed by atoms with E-state index >= 15 is 0 Å². The minimum absolute atomic E-state index is 0.0976. The molecule has 0 atom stereocenters. The van der Waals surface area contributed by atoms with E-state index in [4.69, 9.17) is 0 Å². The Bertz CT molecular complexity index is 324. The van der Waals surface area contributed by atoms with Crippen LogP contribution < -0.4 is 5.32 Å². The Kier molecular flexibility index (Phi) is 4.78. The Morgan fingerprint density at radius 2 is 2.00 bits per heavy atom. The zero-order chi connectivity index (χ0) is 11.3. The number of hydrogen-bond acceptors (Lipinski definition) is 2. The molecule has 0 aromatic heterocycles. The first kappa shape index (κ1) is 12.2. The molecule has 0 bridgehead atoms. The van der Waals surface area contributed by atoms with Gasteiger partial charge in [0, 0.05) is 18.1 Å². The van der Waals surface area contributed by atoms with Crippen molar-refractivity contribution in [2.45, 2.75) is 6.54 Å². The van der Waals surface area contributed by atoms with Gasteiger partial charge in [-0.25, -0.2) is 0 Å². The van der Waals surface area contributed by atoms with E-state index in [1.54, 1.807) is 11.9 Å². The summed E-state index contributed by atoms with van der Waals surface area (Å²) in [6.45, 7) is 1.03. The van der Waals surface area contributed by atoms with Crippen molar-refractivity contribution in [3.63, 3.8) is 0 Å². The van der Waals surface area contributed by atoms with Crippen molar-refractivity contribution in [2.75, 3.05) is 20.6 Å². The highest BCUT2D eigenvalue weighted by molar-refractivity contribution is 9.10. The van der Waals surface area contributed by atoms with Crippen molar-refractivity contribution >= 4 is 21.8 Å². The molecule has 82 valence electrons. The molecule has 0 radical (unpaired) electrons. The van der Waals surface area contributed by atoms with Gasteiger partial charge in [-0.15, -0.1) is 0 Å². The third-order valence-corrected chi connectivity index (χ3v) is 2.62. The third kappa shape index (κ3) is 4.01. The third-order valence-electron chi connectivity index (χ3n) is 2.09. The van der Waals surface area contributed by atoms with E-state index in [1.807, 2.05) is 31.3 Å². The lowest BCUT2D eigenvalue weighted by atomic mass is 10.2. The smallest absolute Gasteiger partial charge is 0.236 e. The topological polar surface area (TPSA) is 32.3 Å². The fourth-order valence-electron chi connectivity index (χ4n) is 1.24. The SMILES string of the molecule is CNCC(=O)N(C)Cc1ccc(Br)cc1. The minimum Gasteiger partial charge on any atom is -0.340 e. The number of halogens is 1. The number of hydrogen-bond donors (Lipinski definition) is 1. The molecule has 0 aliphatic heterocycles. The first-order chi connectivity index (χ1) is 7.13. The quantitative estimate of drug-likeness (QED) is 0.902. The van der Waals surface area contributed by atoms with E-state index in [9.17, 15) is 4.79 Å². The summed E-state index contributed by atoms with van der Waals surface area (Å²) < 4.78 is 1.05. The van der Waals surface area contributed by atoms with Crippen LogP contribution in [0.5, 0.6) is 0 Å². The van der Waals surface area contributed by atoms with Gasteiger partial charge in [0.2, 0.25) is 5.91 Å². The number of carbonyl (C=O) groups is 1. The summed E-state index contributed by atoms with van der Waals surface area (Å²) in [5.74, 6) is 0.0976. The largest absolute Gasteiger partial charge is 0.340 e. The lowest BCUT2D eigenvalue weighted by Crippen LogP contribution is -2.33. The van der Waals surface area contributed by atoms with Gasteiger partial charge in [-0.3, -0.25) is 4.79 Å². The molecule has 1 rings (SSSR count). The standard InChI is InChI=1S/C11H15BrN2O/c1-13-7-11(15)14(2)8-9-3-5-10(12)6-4-9/h3-6,13H,7-8H2,1-2H3. The van der Waals surface area contributed by atoms with Crippen LogP contribution in [-0.4, -0.2) is 31.4 Å². The Morgan fingerprint density at radius 1 is 1.40 bits per heavy atom. The number of amides is 1. The molecule has 0 aliphatic rings. The second-order valence-corrected chi connectivity index (χ2v) is 4.32. The van der Waals surface area contributed by atoms with Crippen LogP contribution in [-0.2, 0) is 11.3 Å². The maximum Gasteiger partial charge on any atom is 0.236 e. The second kappa shape index (κ2) is 5.88. The van der Waals surface area contributed by atoms with Gasteiger partial charge in [0.05, 0.1) is 6.54 Å². The van der Waals surface area contributed by atoms with Gasteiger partial charge in [0.25, 0.3) is 0 Å². The molecule has 3 nitrogen and oxygen atoms in total. The average Bonchev–Trinajstić information content (AvgIpc) is 2.22. The van der Waals surface area contributed by atoms with Crippen molar-refractivity contribution in [3.05, 3.63) is 34.3 Å². The van der Waals surface area contributed by atoms with E-state index in [0.29, 0.717) is 13.1 Å². The summed E-state index contributed by atoms with van der Waals surface area (Å²) in [6.07, 6.45) is 0. The molecular formula is C11H15BrN2O. The van der Waals surface area contributed by atoms with Crippen LogP contribution in [0.25, 0.3) is 0 Å². The summed E-state index contributed by atoms with van der Waals surface area (Å²) in [5.41, 5.74) is 1.13. The van der Waals surface area contributed by atoms with Crippen molar-refractivity contribution in [1.29, 1.82) is 0 Å². The molecule has 0 saturated carbocycles. The summed E-state index contributed by atoms with van der Waals surface area (Å²) in [5, 5.41) is 2.84. The molecule has 1 aromatic rings. The molecule has 1 N–H and O–H groups in total. The highest BCUT2D eigenvalue weighted by Gasteiger charge is 2.07. The van der Waals surface area contributed by atoms with Crippen molar-refractivity contribution < 1.29 is 4.79 Å². The Labute approximate surface area is 98.6 Å². The van der Waals surface area contributed by atoms with Gasteiger partial charge in [0.15, 0.2) is 0 Å². The molecule has 4 heteroatoms. The van der Waals surface area contributed by atoms with Crippen LogP contribution in [0.15, 0.2) is 28.7 Å². The predicted octanol–water partition coefficient (Wildman–Crippen LogP) is 1.63. The first-order valence-electron chi connectivity index (χ1n) is 4.76. The highest BCUT2D eigenvalue weighted by atomic mass is 79.9. The zero-order valence-electron chi connectivity index (χ0n) is 8.96. The summed E-state index contributed by atoms with van der Waals surface area (Å²) in [4.78, 5) is 13.2. The van der Waals surface area contributed by atoms with Crippen LogP contribution in [0.2, 0.25) is 0 Å². The molecule has 0 aliphatic carbocycles. The van der Waals surface area contributed by atoms with Crippen molar-refractivity contribution in [3.8, 4) is 0 Å². The van der Waals surface area contributed by atoms with Gasteiger partial charge >= 0.3 is 0 Å².